The molecule has 17 heavy (non-hydrogen) atoms. The monoisotopic (exact) mass is 319 g/mol. The van der Waals surface area contributed by atoms with Gasteiger partial charge in [-0.25, -0.2) is 4.79 Å². The van der Waals surface area contributed by atoms with Crippen LogP contribution < -0.4 is 0 Å². The van der Waals surface area contributed by atoms with E-state index in [0.29, 0.717) is 0 Å². The molecule has 0 radical (unpaired) electrons. The molecule has 0 aromatic carbocycles. The number of hydrogen-bond acceptors (Lipinski definition) is 3. The molecule has 0 unspecified atom stereocenters. The van der Waals surface area contributed by atoms with Gasteiger partial charge in [-0.05, 0) is 12.8 Å². The topological polar surface area (TPSA) is 38.7 Å². The minimum absolute atomic E-state index is 0.0285. The molecular weight excluding hydrogens is 308 g/mol. The lowest BCUT2D eigenvalue weighted by atomic mass is 9.89. The van der Waals surface area contributed by atoms with Crippen molar-refractivity contribution in [2.24, 2.45) is 11.1 Å². The molecule has 1 aliphatic carbocycles. The summed E-state index contributed by atoms with van der Waals surface area (Å²) >= 11 is 22.3. The lowest BCUT2D eigenvalue weighted by molar-refractivity contribution is -0.149. The Morgan fingerprint density at radius 2 is 1.59 bits per heavy atom. The van der Waals surface area contributed by atoms with Crippen molar-refractivity contribution < 1.29 is 9.63 Å². The van der Waals surface area contributed by atoms with Crippen LogP contribution in [0.15, 0.2) is 5.16 Å². The predicted octanol–water partition coefficient (Wildman–Crippen LogP) is 4.07. The maximum atomic E-state index is 11.6. The van der Waals surface area contributed by atoms with E-state index in [9.17, 15) is 4.79 Å². The van der Waals surface area contributed by atoms with Crippen LogP contribution in [0.1, 0.15) is 32.1 Å². The van der Waals surface area contributed by atoms with E-state index in [1.54, 1.807) is 0 Å². The van der Waals surface area contributed by atoms with E-state index in [2.05, 4.69) is 5.16 Å². The predicted molar refractivity (Wildman–Crippen MR) is 71.1 cm³/mol. The molecule has 0 atom stereocenters. The molecule has 0 aromatic rings. The Kier molecular flexibility index (Phi) is 6.93. The van der Waals surface area contributed by atoms with Gasteiger partial charge in [0.25, 0.3) is 0 Å². The highest BCUT2D eigenvalue weighted by atomic mass is 35.5. The van der Waals surface area contributed by atoms with E-state index in [1.807, 2.05) is 0 Å². The molecule has 3 nitrogen and oxygen atoms in total. The van der Waals surface area contributed by atoms with Gasteiger partial charge in [0.1, 0.15) is 5.71 Å². The van der Waals surface area contributed by atoms with E-state index in [0.717, 1.165) is 32.1 Å². The summed E-state index contributed by atoms with van der Waals surface area (Å²) in [6.45, 7) is 0. The smallest absolute Gasteiger partial charge is 0.318 e. The van der Waals surface area contributed by atoms with Crippen LogP contribution in [0.2, 0.25) is 0 Å². The number of rotatable bonds is 4. The van der Waals surface area contributed by atoms with Crippen LogP contribution in [0.25, 0.3) is 0 Å². The van der Waals surface area contributed by atoms with Gasteiger partial charge < -0.3 is 4.84 Å². The van der Waals surface area contributed by atoms with E-state index in [-0.39, 0.29) is 17.6 Å². The number of oxime groups is 1. The zero-order valence-electron chi connectivity index (χ0n) is 9.04. The zero-order chi connectivity index (χ0) is 12.8. The third-order valence-electron chi connectivity index (χ3n) is 2.63. The van der Waals surface area contributed by atoms with Crippen molar-refractivity contribution in [3.63, 3.8) is 0 Å². The largest absolute Gasteiger partial charge is 0.338 e. The fraction of sp³-hybridized carbons (Fsp3) is 0.800. The summed E-state index contributed by atoms with van der Waals surface area (Å²) in [5.74, 6) is -0.466. The fourth-order valence-electron chi connectivity index (χ4n) is 1.69. The Bertz CT molecular complexity index is 278. The van der Waals surface area contributed by atoms with Crippen molar-refractivity contribution in [3.05, 3.63) is 0 Å². The first-order chi connectivity index (χ1) is 8.02. The van der Waals surface area contributed by atoms with Crippen molar-refractivity contribution in [3.8, 4) is 0 Å². The highest BCUT2D eigenvalue weighted by Gasteiger charge is 2.24. The van der Waals surface area contributed by atoms with Crippen LogP contribution in [0.4, 0.5) is 0 Å². The Hall–Kier alpha value is 0.300. The van der Waals surface area contributed by atoms with Gasteiger partial charge in [0, 0.05) is 0 Å². The van der Waals surface area contributed by atoms with E-state index in [1.165, 1.54) is 0 Å². The van der Waals surface area contributed by atoms with Crippen molar-refractivity contribution >= 4 is 58.1 Å². The van der Waals surface area contributed by atoms with E-state index >= 15 is 0 Å². The van der Waals surface area contributed by atoms with E-state index < -0.39 is 9.67 Å². The number of carbonyl (C=O) groups is 1. The molecule has 0 bridgehead atoms. The second-order valence-electron chi connectivity index (χ2n) is 3.86. The van der Waals surface area contributed by atoms with Crippen LogP contribution >= 0.6 is 46.4 Å². The maximum absolute atomic E-state index is 11.6. The van der Waals surface area contributed by atoms with Gasteiger partial charge in [0.05, 0.1) is 5.92 Å². The number of alkyl halides is 4. The summed E-state index contributed by atoms with van der Waals surface area (Å²) in [5.41, 5.74) is 0.0285. The second-order valence-corrected chi connectivity index (χ2v) is 6.06. The molecule has 7 heteroatoms. The van der Waals surface area contributed by atoms with Crippen molar-refractivity contribution in [1.29, 1.82) is 0 Å². The second kappa shape index (κ2) is 7.67. The van der Waals surface area contributed by atoms with Crippen molar-refractivity contribution in [2.45, 2.75) is 41.8 Å². The Labute approximate surface area is 120 Å². The molecule has 0 saturated heterocycles. The highest BCUT2D eigenvalue weighted by Crippen LogP contribution is 2.25. The Morgan fingerprint density at radius 3 is 2.06 bits per heavy atom. The van der Waals surface area contributed by atoms with Gasteiger partial charge in [0.15, 0.2) is 9.67 Å². The molecule has 0 amide bonds. The average molecular weight is 321 g/mol. The normalized spacial score (nSPS) is 17.3. The summed E-state index contributed by atoms with van der Waals surface area (Å²) in [6.07, 6.45) is 4.91. The van der Waals surface area contributed by atoms with Crippen LogP contribution in [-0.4, -0.2) is 21.4 Å². The van der Waals surface area contributed by atoms with Crippen LogP contribution in [0, 0.1) is 5.92 Å². The van der Waals surface area contributed by atoms with Gasteiger partial charge in [0.2, 0.25) is 0 Å². The fourth-order valence-corrected chi connectivity index (χ4v) is 2.61. The van der Waals surface area contributed by atoms with Gasteiger partial charge in [-0.1, -0.05) is 70.8 Å². The zero-order valence-corrected chi connectivity index (χ0v) is 12.1. The van der Waals surface area contributed by atoms with Gasteiger partial charge in [-0.3, -0.25) is 0 Å². The molecule has 0 aromatic heterocycles. The minimum Gasteiger partial charge on any atom is -0.318 e. The number of hydrogen-bond donors (Lipinski definition) is 0. The van der Waals surface area contributed by atoms with Crippen LogP contribution in [0.5, 0.6) is 0 Å². The molecule has 1 aliphatic rings. The van der Waals surface area contributed by atoms with E-state index in [4.69, 9.17) is 51.2 Å². The molecule has 98 valence electrons. The lowest BCUT2D eigenvalue weighted by Gasteiger charge is -2.18. The summed E-state index contributed by atoms with van der Waals surface area (Å²) in [6, 6.07) is 0. The standard InChI is InChI=1S/C10H13Cl4NO2/c11-8(12)7(9(13)14)15-17-10(16)6-4-2-1-3-5-6/h6,8-9H,1-5H2. The van der Waals surface area contributed by atoms with Crippen LogP contribution in [-0.2, 0) is 9.63 Å². The first-order valence-corrected chi connectivity index (χ1v) is 7.12. The lowest BCUT2D eigenvalue weighted by Crippen LogP contribution is -2.22. The average Bonchev–Trinajstić information content (AvgIpc) is 2.29. The molecule has 1 fully saturated rings. The van der Waals surface area contributed by atoms with Crippen molar-refractivity contribution in [1.82, 2.24) is 0 Å². The summed E-state index contributed by atoms with van der Waals surface area (Å²) in [4.78, 5) is 14.4. The third-order valence-corrected chi connectivity index (χ3v) is 3.52. The first kappa shape index (κ1) is 15.4. The maximum Gasteiger partial charge on any atom is 0.338 e. The van der Waals surface area contributed by atoms with Gasteiger partial charge >= 0.3 is 5.97 Å². The van der Waals surface area contributed by atoms with Crippen LogP contribution in [0.3, 0.4) is 0 Å². The van der Waals surface area contributed by atoms with Crippen molar-refractivity contribution in [2.75, 3.05) is 0 Å². The molecule has 0 aliphatic heterocycles. The number of nitrogens with zero attached hydrogens (tertiary/aromatic N) is 1. The summed E-state index contributed by atoms with van der Waals surface area (Å²) < 4.78 is 0. The Morgan fingerprint density at radius 1 is 1.06 bits per heavy atom. The quantitative estimate of drug-likeness (QED) is 0.339. The minimum atomic E-state index is -0.992. The molecule has 0 N–H and O–H groups in total. The highest BCUT2D eigenvalue weighted by molar-refractivity contribution is 6.64. The molecular formula is C10H13Cl4NO2. The summed E-state index contributed by atoms with van der Waals surface area (Å²) in [7, 11) is 0. The van der Waals surface area contributed by atoms with Gasteiger partial charge in [-0.2, -0.15) is 0 Å². The molecule has 0 spiro atoms. The Balaban J connectivity index is 2.52. The summed E-state index contributed by atoms with van der Waals surface area (Å²) in [5, 5.41) is 3.54. The molecule has 1 rings (SSSR count). The first-order valence-electron chi connectivity index (χ1n) is 5.37. The van der Waals surface area contributed by atoms with Gasteiger partial charge in [-0.15, -0.1) is 0 Å². The molecule has 0 heterocycles. The third kappa shape index (κ3) is 5.21. The number of carbonyl (C=O) groups excluding carboxylic acids is 1. The molecule has 1 saturated carbocycles. The SMILES string of the molecule is O=C(ON=C(C(Cl)Cl)C(Cl)Cl)C1CCCCC1. The number of halogens is 4.